The summed E-state index contributed by atoms with van der Waals surface area (Å²) >= 11 is 0. The van der Waals surface area contributed by atoms with Crippen LogP contribution in [0, 0.1) is 11.8 Å². The summed E-state index contributed by atoms with van der Waals surface area (Å²) in [5.74, 6) is 1.42. The highest BCUT2D eigenvalue weighted by molar-refractivity contribution is 4.77. The summed E-state index contributed by atoms with van der Waals surface area (Å²) in [6.45, 7) is 10.9. The number of hydrogen-bond donors (Lipinski definition) is 2. The van der Waals surface area contributed by atoms with Crippen LogP contribution in [0.15, 0.2) is 12.4 Å². The molecule has 0 aromatic carbocycles. The van der Waals surface area contributed by atoms with Crippen LogP contribution >= 0.6 is 0 Å². The van der Waals surface area contributed by atoms with Crippen molar-refractivity contribution in [2.75, 3.05) is 13.1 Å². The molecule has 2 nitrogen and oxygen atoms in total. The van der Waals surface area contributed by atoms with Gasteiger partial charge in [0.15, 0.2) is 0 Å². The van der Waals surface area contributed by atoms with Crippen molar-refractivity contribution in [1.82, 2.24) is 10.6 Å². The number of rotatable bonds is 6. The summed E-state index contributed by atoms with van der Waals surface area (Å²) in [6.07, 6.45) is 3.95. The maximum Gasteiger partial charge on any atom is 0.0165 e. The minimum absolute atomic E-state index is 0.708. The van der Waals surface area contributed by atoms with E-state index in [-0.39, 0.29) is 0 Å². The van der Waals surface area contributed by atoms with Gasteiger partial charge in [0.05, 0.1) is 0 Å². The van der Waals surface area contributed by atoms with Gasteiger partial charge in [0.1, 0.15) is 0 Å². The second-order valence-electron chi connectivity index (χ2n) is 3.94. The zero-order chi connectivity index (χ0) is 9.40. The van der Waals surface area contributed by atoms with Gasteiger partial charge in [0, 0.05) is 25.5 Å². The van der Waals surface area contributed by atoms with E-state index < -0.39 is 0 Å². The van der Waals surface area contributed by atoms with Crippen LogP contribution in [0.3, 0.4) is 0 Å². The molecule has 0 fully saturated rings. The van der Waals surface area contributed by atoms with E-state index in [2.05, 4.69) is 38.3 Å². The Balaban J connectivity index is 3.15. The Labute approximate surface area is 76.4 Å². The Morgan fingerprint density at radius 3 is 1.42 bits per heavy atom. The average molecular weight is 170 g/mol. The SMILES string of the molecule is CC(C)CNC=CNCC(C)C. The monoisotopic (exact) mass is 170 g/mol. The quantitative estimate of drug-likeness (QED) is 0.636. The van der Waals surface area contributed by atoms with Crippen molar-refractivity contribution in [3.05, 3.63) is 12.4 Å². The third-order valence-electron chi connectivity index (χ3n) is 1.37. The molecule has 0 radical (unpaired) electrons. The fraction of sp³-hybridized carbons (Fsp3) is 0.800. The molecule has 72 valence electrons. The van der Waals surface area contributed by atoms with Crippen LogP contribution in [0.5, 0.6) is 0 Å². The lowest BCUT2D eigenvalue weighted by atomic mass is 10.2. The van der Waals surface area contributed by atoms with Gasteiger partial charge in [-0.05, 0) is 11.8 Å². The second kappa shape index (κ2) is 7.01. The maximum absolute atomic E-state index is 3.22. The molecule has 0 unspecified atom stereocenters. The summed E-state index contributed by atoms with van der Waals surface area (Å²) in [7, 11) is 0. The number of nitrogens with one attached hydrogen (secondary N) is 2. The third-order valence-corrected chi connectivity index (χ3v) is 1.37. The lowest BCUT2D eigenvalue weighted by molar-refractivity contribution is 0.597. The van der Waals surface area contributed by atoms with Crippen LogP contribution in [-0.4, -0.2) is 13.1 Å². The molecule has 0 spiro atoms. The molecule has 0 aliphatic heterocycles. The van der Waals surface area contributed by atoms with Gasteiger partial charge in [0.2, 0.25) is 0 Å². The molecule has 0 bridgehead atoms. The largest absolute Gasteiger partial charge is 0.389 e. The molecule has 0 aromatic rings. The van der Waals surface area contributed by atoms with Crippen molar-refractivity contribution in [3.8, 4) is 0 Å². The molecule has 0 atom stereocenters. The van der Waals surface area contributed by atoms with Crippen LogP contribution < -0.4 is 10.6 Å². The molecular weight excluding hydrogens is 148 g/mol. The molecule has 0 saturated carbocycles. The van der Waals surface area contributed by atoms with E-state index in [9.17, 15) is 0 Å². The fourth-order valence-electron chi connectivity index (χ4n) is 0.725. The first-order valence-corrected chi connectivity index (χ1v) is 4.74. The van der Waals surface area contributed by atoms with Crippen molar-refractivity contribution in [3.63, 3.8) is 0 Å². The predicted molar refractivity (Wildman–Crippen MR) is 54.8 cm³/mol. The lowest BCUT2D eigenvalue weighted by Crippen LogP contribution is -2.17. The van der Waals surface area contributed by atoms with E-state index >= 15 is 0 Å². The molecule has 2 N–H and O–H groups in total. The zero-order valence-corrected chi connectivity index (χ0v) is 8.72. The van der Waals surface area contributed by atoms with Gasteiger partial charge in [-0.25, -0.2) is 0 Å². The molecule has 0 heterocycles. The average Bonchev–Trinajstić information content (AvgIpc) is 1.95. The molecule has 12 heavy (non-hydrogen) atoms. The van der Waals surface area contributed by atoms with Crippen LogP contribution in [0.2, 0.25) is 0 Å². The van der Waals surface area contributed by atoms with Crippen LogP contribution in [0.25, 0.3) is 0 Å². The summed E-state index contributed by atoms with van der Waals surface area (Å²) in [5.41, 5.74) is 0. The van der Waals surface area contributed by atoms with Crippen LogP contribution in [-0.2, 0) is 0 Å². The first-order valence-electron chi connectivity index (χ1n) is 4.74. The fourth-order valence-corrected chi connectivity index (χ4v) is 0.725. The molecule has 0 aliphatic carbocycles. The minimum atomic E-state index is 0.708. The lowest BCUT2D eigenvalue weighted by Gasteiger charge is -2.05. The van der Waals surface area contributed by atoms with Gasteiger partial charge in [-0.1, -0.05) is 27.7 Å². The summed E-state index contributed by atoms with van der Waals surface area (Å²) < 4.78 is 0. The molecule has 0 saturated heterocycles. The van der Waals surface area contributed by atoms with Crippen LogP contribution in [0.1, 0.15) is 27.7 Å². The topological polar surface area (TPSA) is 24.1 Å². The van der Waals surface area contributed by atoms with Gasteiger partial charge in [-0.15, -0.1) is 0 Å². The van der Waals surface area contributed by atoms with E-state index in [1.807, 2.05) is 12.4 Å². The Morgan fingerprint density at radius 1 is 0.833 bits per heavy atom. The summed E-state index contributed by atoms with van der Waals surface area (Å²) in [5, 5.41) is 6.43. The Bertz CT molecular complexity index is 103. The maximum atomic E-state index is 3.22. The Hall–Kier alpha value is -0.660. The van der Waals surface area contributed by atoms with Crippen molar-refractivity contribution in [1.29, 1.82) is 0 Å². The van der Waals surface area contributed by atoms with Gasteiger partial charge in [-0.2, -0.15) is 0 Å². The minimum Gasteiger partial charge on any atom is -0.389 e. The summed E-state index contributed by atoms with van der Waals surface area (Å²) in [4.78, 5) is 0. The summed E-state index contributed by atoms with van der Waals surface area (Å²) in [6, 6.07) is 0. The number of hydrogen-bond acceptors (Lipinski definition) is 2. The highest BCUT2D eigenvalue weighted by atomic mass is 14.9. The van der Waals surface area contributed by atoms with Gasteiger partial charge in [0.25, 0.3) is 0 Å². The molecule has 0 rings (SSSR count). The van der Waals surface area contributed by atoms with Gasteiger partial charge >= 0.3 is 0 Å². The van der Waals surface area contributed by atoms with E-state index in [0.29, 0.717) is 11.8 Å². The van der Waals surface area contributed by atoms with E-state index in [1.165, 1.54) is 0 Å². The van der Waals surface area contributed by atoms with Crippen LogP contribution in [0.4, 0.5) is 0 Å². The van der Waals surface area contributed by atoms with Gasteiger partial charge in [-0.3, -0.25) is 0 Å². The van der Waals surface area contributed by atoms with Gasteiger partial charge < -0.3 is 10.6 Å². The van der Waals surface area contributed by atoms with Crippen molar-refractivity contribution in [2.45, 2.75) is 27.7 Å². The first kappa shape index (κ1) is 11.3. The first-order chi connectivity index (χ1) is 5.63. The van der Waals surface area contributed by atoms with Crippen molar-refractivity contribution >= 4 is 0 Å². The molecule has 0 amide bonds. The molecule has 0 aliphatic rings. The standard InChI is InChI=1S/C10H22N2/c1-9(2)7-11-5-6-12-8-10(3)4/h5-6,9-12H,7-8H2,1-4H3. The van der Waals surface area contributed by atoms with Crippen molar-refractivity contribution in [2.24, 2.45) is 11.8 Å². The molecule has 0 aromatic heterocycles. The van der Waals surface area contributed by atoms with Crippen molar-refractivity contribution < 1.29 is 0 Å². The smallest absolute Gasteiger partial charge is 0.0165 e. The third kappa shape index (κ3) is 9.34. The predicted octanol–water partition coefficient (Wildman–Crippen LogP) is 1.95. The highest BCUT2D eigenvalue weighted by Gasteiger charge is 1.88. The van der Waals surface area contributed by atoms with E-state index in [0.717, 1.165) is 13.1 Å². The normalized spacial score (nSPS) is 11.5. The second-order valence-corrected chi connectivity index (χ2v) is 3.94. The highest BCUT2D eigenvalue weighted by Crippen LogP contribution is 1.87. The van der Waals surface area contributed by atoms with E-state index in [4.69, 9.17) is 0 Å². The zero-order valence-electron chi connectivity index (χ0n) is 8.72. The van der Waals surface area contributed by atoms with E-state index in [1.54, 1.807) is 0 Å². The Kier molecular flexibility index (Phi) is 6.63. The Morgan fingerprint density at radius 2 is 1.17 bits per heavy atom. The molecular formula is C10H22N2. The molecule has 2 heteroatoms.